The number of ether oxygens (including phenoxy) is 1. The SMILES string of the molecule is C[C@H]1COCCN1N1C(c2ccc3[nH]ccc3c2)=NC=CC1CS(C)(=O)=O. The Morgan fingerprint density at radius 1 is 1.33 bits per heavy atom. The Balaban J connectivity index is 1.76. The van der Waals surface area contributed by atoms with E-state index in [1.165, 1.54) is 6.26 Å². The molecule has 1 fully saturated rings. The lowest BCUT2D eigenvalue weighted by Crippen LogP contribution is -2.60. The number of benzene rings is 1. The van der Waals surface area contributed by atoms with E-state index in [0.29, 0.717) is 19.8 Å². The number of hydrazine groups is 1. The van der Waals surface area contributed by atoms with Crippen molar-refractivity contribution in [2.24, 2.45) is 4.99 Å². The quantitative estimate of drug-likeness (QED) is 0.864. The fourth-order valence-corrected chi connectivity index (χ4v) is 4.57. The van der Waals surface area contributed by atoms with E-state index in [1.807, 2.05) is 35.5 Å². The zero-order valence-corrected chi connectivity index (χ0v) is 16.3. The molecule has 2 aromatic rings. The molecule has 0 bridgehead atoms. The third kappa shape index (κ3) is 3.78. The zero-order valence-electron chi connectivity index (χ0n) is 15.5. The van der Waals surface area contributed by atoms with Crippen LogP contribution in [-0.4, -0.2) is 73.1 Å². The number of fused-ring (bicyclic) bond motifs is 1. The van der Waals surface area contributed by atoms with Gasteiger partial charge in [0.25, 0.3) is 0 Å². The average molecular weight is 388 g/mol. The summed E-state index contributed by atoms with van der Waals surface area (Å²) in [6.07, 6.45) is 6.76. The molecule has 1 saturated heterocycles. The van der Waals surface area contributed by atoms with Gasteiger partial charge in [0.15, 0.2) is 5.84 Å². The minimum Gasteiger partial charge on any atom is -0.378 e. The highest BCUT2D eigenvalue weighted by Gasteiger charge is 2.35. The van der Waals surface area contributed by atoms with Crippen molar-refractivity contribution >= 4 is 26.6 Å². The lowest BCUT2D eigenvalue weighted by molar-refractivity contribution is -0.0947. The molecule has 1 aromatic heterocycles. The van der Waals surface area contributed by atoms with Gasteiger partial charge in [-0.3, -0.25) is 5.01 Å². The number of nitrogens with one attached hydrogen (secondary N) is 1. The van der Waals surface area contributed by atoms with Crippen molar-refractivity contribution in [3.05, 3.63) is 48.3 Å². The number of H-pyrrole nitrogens is 1. The fourth-order valence-electron chi connectivity index (χ4n) is 3.70. The first-order chi connectivity index (χ1) is 12.9. The number of morpholine rings is 1. The lowest BCUT2D eigenvalue weighted by atomic mass is 10.1. The average Bonchev–Trinajstić information content (AvgIpc) is 3.09. The van der Waals surface area contributed by atoms with Crippen LogP contribution in [0.3, 0.4) is 0 Å². The summed E-state index contributed by atoms with van der Waals surface area (Å²) in [5, 5.41) is 5.32. The van der Waals surface area contributed by atoms with E-state index in [1.54, 1.807) is 6.20 Å². The third-order valence-electron chi connectivity index (χ3n) is 4.93. The Bertz CT molecular complexity index is 995. The van der Waals surface area contributed by atoms with Gasteiger partial charge < -0.3 is 9.72 Å². The molecule has 2 aliphatic heterocycles. The number of aliphatic imine (C=N–C) groups is 1. The zero-order chi connectivity index (χ0) is 19.0. The molecule has 144 valence electrons. The van der Waals surface area contributed by atoms with Crippen LogP contribution in [-0.2, 0) is 14.6 Å². The van der Waals surface area contributed by atoms with Gasteiger partial charge in [0.1, 0.15) is 9.84 Å². The standard InChI is InChI=1S/C19H24N4O3S/c1-14-12-26-10-9-22(14)23-17(13-27(2,24)25)6-8-21-19(23)16-3-4-18-15(11-16)5-7-20-18/h3-8,11,14,17,20H,9-10,12-13H2,1-2H3/t14-,17?/m0/s1. The summed E-state index contributed by atoms with van der Waals surface area (Å²) in [7, 11) is -3.15. The van der Waals surface area contributed by atoms with Gasteiger partial charge in [-0.15, -0.1) is 0 Å². The van der Waals surface area contributed by atoms with E-state index < -0.39 is 9.84 Å². The largest absolute Gasteiger partial charge is 0.378 e. The molecule has 2 atom stereocenters. The third-order valence-corrected chi connectivity index (χ3v) is 5.88. The molecule has 8 heteroatoms. The molecule has 2 aliphatic rings. The maximum absolute atomic E-state index is 12.0. The molecular weight excluding hydrogens is 364 g/mol. The molecule has 27 heavy (non-hydrogen) atoms. The summed E-state index contributed by atoms with van der Waals surface area (Å²) in [5.74, 6) is 0.807. The molecule has 0 spiro atoms. The minimum atomic E-state index is -3.15. The Morgan fingerprint density at radius 2 is 2.19 bits per heavy atom. The smallest absolute Gasteiger partial charge is 0.150 e. The highest BCUT2D eigenvalue weighted by atomic mass is 32.2. The first-order valence-corrected chi connectivity index (χ1v) is 11.1. The first-order valence-electron chi connectivity index (χ1n) is 9.05. The minimum absolute atomic E-state index is 0.0407. The summed E-state index contributed by atoms with van der Waals surface area (Å²) in [4.78, 5) is 7.83. The molecular formula is C19H24N4O3S. The molecule has 1 N–H and O–H groups in total. The second-order valence-electron chi connectivity index (χ2n) is 7.17. The summed E-state index contributed by atoms with van der Waals surface area (Å²) in [6.45, 7) is 4.00. The number of aromatic nitrogens is 1. The first kappa shape index (κ1) is 18.2. The van der Waals surface area contributed by atoms with Crippen molar-refractivity contribution < 1.29 is 13.2 Å². The van der Waals surface area contributed by atoms with Crippen molar-refractivity contribution in [3.8, 4) is 0 Å². The van der Waals surface area contributed by atoms with Gasteiger partial charge in [0.2, 0.25) is 0 Å². The van der Waals surface area contributed by atoms with Crippen molar-refractivity contribution in [3.63, 3.8) is 0 Å². The van der Waals surface area contributed by atoms with E-state index in [9.17, 15) is 8.42 Å². The Labute approximate surface area is 159 Å². The van der Waals surface area contributed by atoms with Gasteiger partial charge in [0.05, 0.1) is 31.1 Å². The van der Waals surface area contributed by atoms with Gasteiger partial charge in [-0.2, -0.15) is 0 Å². The van der Waals surface area contributed by atoms with E-state index in [4.69, 9.17) is 4.74 Å². The van der Waals surface area contributed by atoms with Crippen LogP contribution >= 0.6 is 0 Å². The number of hydrogen-bond acceptors (Lipinski definition) is 6. The summed E-state index contributed by atoms with van der Waals surface area (Å²) >= 11 is 0. The molecule has 7 nitrogen and oxygen atoms in total. The maximum Gasteiger partial charge on any atom is 0.150 e. The van der Waals surface area contributed by atoms with E-state index in [-0.39, 0.29) is 17.8 Å². The molecule has 0 saturated carbocycles. The number of amidine groups is 1. The number of nitrogens with zero attached hydrogens (tertiary/aromatic N) is 3. The van der Waals surface area contributed by atoms with E-state index >= 15 is 0 Å². The number of hydrogen-bond donors (Lipinski definition) is 1. The van der Waals surface area contributed by atoms with Gasteiger partial charge in [-0.25, -0.2) is 18.4 Å². The van der Waals surface area contributed by atoms with Crippen LogP contribution in [0.5, 0.6) is 0 Å². The van der Waals surface area contributed by atoms with Gasteiger partial charge in [-0.1, -0.05) is 0 Å². The predicted octanol–water partition coefficient (Wildman–Crippen LogP) is 1.79. The van der Waals surface area contributed by atoms with Gasteiger partial charge in [0, 0.05) is 41.7 Å². The number of sulfone groups is 1. The Kier molecular flexibility index (Phi) is 4.79. The maximum atomic E-state index is 12.0. The topological polar surface area (TPSA) is 78.0 Å². The summed E-state index contributed by atoms with van der Waals surface area (Å²) in [5.41, 5.74) is 2.02. The van der Waals surface area contributed by atoms with Crippen LogP contribution in [0.1, 0.15) is 12.5 Å². The molecule has 1 aromatic carbocycles. The second-order valence-corrected chi connectivity index (χ2v) is 9.35. The van der Waals surface area contributed by atoms with Crippen LogP contribution in [0.4, 0.5) is 0 Å². The van der Waals surface area contributed by atoms with Crippen LogP contribution in [0.25, 0.3) is 10.9 Å². The molecule has 1 unspecified atom stereocenters. The number of rotatable bonds is 4. The predicted molar refractivity (Wildman–Crippen MR) is 106 cm³/mol. The molecule has 3 heterocycles. The van der Waals surface area contributed by atoms with Crippen LogP contribution in [0.2, 0.25) is 0 Å². The highest BCUT2D eigenvalue weighted by molar-refractivity contribution is 7.90. The van der Waals surface area contributed by atoms with Crippen molar-refractivity contribution in [1.29, 1.82) is 0 Å². The summed E-state index contributed by atoms with van der Waals surface area (Å²) in [6, 6.07) is 7.99. The molecule has 0 aliphatic carbocycles. The van der Waals surface area contributed by atoms with Crippen molar-refractivity contribution in [1.82, 2.24) is 15.0 Å². The highest BCUT2D eigenvalue weighted by Crippen LogP contribution is 2.24. The van der Waals surface area contributed by atoms with Crippen LogP contribution < -0.4 is 0 Å². The molecule has 4 rings (SSSR count). The van der Waals surface area contributed by atoms with Crippen molar-refractivity contribution in [2.45, 2.75) is 19.0 Å². The van der Waals surface area contributed by atoms with Crippen molar-refractivity contribution in [2.75, 3.05) is 31.8 Å². The normalized spacial score (nSPS) is 24.4. The van der Waals surface area contributed by atoms with E-state index in [2.05, 4.69) is 28.0 Å². The Hall–Kier alpha value is -2.16. The Morgan fingerprint density at radius 3 is 2.96 bits per heavy atom. The van der Waals surface area contributed by atoms with E-state index in [0.717, 1.165) is 22.3 Å². The van der Waals surface area contributed by atoms with Crippen LogP contribution in [0, 0.1) is 0 Å². The molecule has 0 radical (unpaired) electrons. The van der Waals surface area contributed by atoms with Crippen LogP contribution in [0.15, 0.2) is 47.7 Å². The monoisotopic (exact) mass is 388 g/mol. The fraction of sp³-hybridized carbons (Fsp3) is 0.421. The molecule has 0 amide bonds. The van der Waals surface area contributed by atoms with Gasteiger partial charge in [-0.05, 0) is 37.3 Å². The number of aromatic amines is 1. The lowest BCUT2D eigenvalue weighted by Gasteiger charge is -2.47. The summed E-state index contributed by atoms with van der Waals surface area (Å²) < 4.78 is 29.7. The van der Waals surface area contributed by atoms with Gasteiger partial charge >= 0.3 is 0 Å². The second kappa shape index (κ2) is 7.10.